The maximum absolute atomic E-state index is 12.8. The first-order chi connectivity index (χ1) is 14.0. The molecule has 3 heterocycles. The molecule has 0 aliphatic carbocycles. The van der Waals surface area contributed by atoms with Crippen molar-refractivity contribution in [2.24, 2.45) is 5.84 Å². The summed E-state index contributed by atoms with van der Waals surface area (Å²) in [5, 5.41) is 7.09. The third kappa shape index (κ3) is 3.75. The Labute approximate surface area is 167 Å². The van der Waals surface area contributed by atoms with E-state index in [1.165, 1.54) is 5.01 Å². The van der Waals surface area contributed by atoms with Gasteiger partial charge in [0.2, 0.25) is 5.76 Å². The molecule has 1 amide bonds. The van der Waals surface area contributed by atoms with Crippen molar-refractivity contribution in [2.45, 2.75) is 0 Å². The number of nitrogens with zero attached hydrogens (tertiary/aromatic N) is 4. The Bertz CT molecular complexity index is 1170. The molecule has 29 heavy (non-hydrogen) atoms. The highest BCUT2D eigenvalue weighted by molar-refractivity contribution is 6.07. The zero-order valence-corrected chi connectivity index (χ0v) is 16.3. The smallest absolute Gasteiger partial charge is 0.289 e. The molecule has 3 N–H and O–H groups in total. The number of fused-ring (bicyclic) bond motifs is 2. The fraction of sp³-hybridized carbons (Fsp3) is 0.190. The normalized spacial score (nSPS) is 11.3. The number of nitrogens with two attached hydrogens (primary N) is 1. The van der Waals surface area contributed by atoms with Crippen molar-refractivity contribution in [1.29, 1.82) is 0 Å². The number of amides is 1. The number of furan rings is 1. The Hall–Kier alpha value is -3.49. The molecule has 0 aliphatic rings. The lowest BCUT2D eigenvalue weighted by atomic mass is 10.1. The predicted octanol–water partition coefficient (Wildman–Crippen LogP) is 2.68. The Kier molecular flexibility index (Phi) is 5.11. The summed E-state index contributed by atoms with van der Waals surface area (Å²) in [5.41, 5.74) is 1.73. The van der Waals surface area contributed by atoms with E-state index in [2.05, 4.69) is 15.3 Å². The summed E-state index contributed by atoms with van der Waals surface area (Å²) in [4.78, 5) is 23.0. The highest BCUT2D eigenvalue weighted by Gasteiger charge is 2.25. The molecule has 0 aliphatic heterocycles. The van der Waals surface area contributed by atoms with E-state index >= 15 is 0 Å². The minimum atomic E-state index is -0.321. The number of pyridine rings is 2. The molecule has 0 spiro atoms. The molecule has 3 aromatic heterocycles. The summed E-state index contributed by atoms with van der Waals surface area (Å²) in [6.07, 6.45) is 6.75. The summed E-state index contributed by atoms with van der Waals surface area (Å²) >= 11 is 0. The van der Waals surface area contributed by atoms with Crippen LogP contribution in [0.2, 0.25) is 0 Å². The minimum absolute atomic E-state index is 0.157. The molecule has 8 heteroatoms. The van der Waals surface area contributed by atoms with Gasteiger partial charge >= 0.3 is 0 Å². The maximum atomic E-state index is 12.8. The van der Waals surface area contributed by atoms with Crippen molar-refractivity contribution in [2.75, 3.05) is 32.2 Å². The second-order valence-corrected chi connectivity index (χ2v) is 6.99. The summed E-state index contributed by atoms with van der Waals surface area (Å²) in [6, 6.07) is 9.48. The fourth-order valence-electron chi connectivity index (χ4n) is 3.15. The number of rotatable bonds is 6. The van der Waals surface area contributed by atoms with Crippen LogP contribution in [0.25, 0.3) is 21.7 Å². The standard InChI is InChI=1S/C21H22N6O2/c1-26(2)10-9-25-21(28)20-19(17-6-8-24-13-18(17)29-20)27(22)16-4-3-15-12-23-7-5-14(15)11-16/h3-8,11-13H,9-10,22H2,1-2H3,(H,25,28). The lowest BCUT2D eigenvalue weighted by molar-refractivity contribution is 0.0926. The SMILES string of the molecule is CN(C)CCNC(=O)c1oc2cnccc2c1N(N)c1ccc2cnccc2c1. The average Bonchev–Trinajstić information content (AvgIpc) is 3.12. The Morgan fingerprint density at radius 2 is 1.90 bits per heavy atom. The summed E-state index contributed by atoms with van der Waals surface area (Å²) in [6.45, 7) is 1.21. The number of hydrogen-bond donors (Lipinski definition) is 2. The summed E-state index contributed by atoms with van der Waals surface area (Å²) < 4.78 is 5.83. The van der Waals surface area contributed by atoms with Gasteiger partial charge in [0.15, 0.2) is 5.58 Å². The van der Waals surface area contributed by atoms with Gasteiger partial charge in [-0.15, -0.1) is 0 Å². The molecule has 0 bridgehead atoms. The van der Waals surface area contributed by atoms with E-state index < -0.39 is 0 Å². The Balaban J connectivity index is 1.75. The third-order valence-electron chi connectivity index (χ3n) is 4.66. The molecule has 4 aromatic rings. The number of nitrogens with one attached hydrogen (secondary N) is 1. The van der Waals surface area contributed by atoms with Crippen molar-refractivity contribution in [3.63, 3.8) is 0 Å². The number of benzene rings is 1. The van der Waals surface area contributed by atoms with Gasteiger partial charge in [-0.05, 0) is 43.7 Å². The van der Waals surface area contributed by atoms with Crippen LogP contribution in [0.1, 0.15) is 10.6 Å². The topological polar surface area (TPSA) is 101 Å². The summed E-state index contributed by atoms with van der Waals surface area (Å²) in [5.74, 6) is 6.32. The first kappa shape index (κ1) is 18.9. The van der Waals surface area contributed by atoms with Gasteiger partial charge in [-0.25, -0.2) is 5.84 Å². The van der Waals surface area contributed by atoms with Crippen LogP contribution in [0.15, 0.2) is 59.5 Å². The van der Waals surface area contributed by atoms with Gasteiger partial charge in [0, 0.05) is 42.5 Å². The largest absolute Gasteiger partial charge is 0.447 e. The van der Waals surface area contributed by atoms with Crippen molar-refractivity contribution in [1.82, 2.24) is 20.2 Å². The second kappa shape index (κ2) is 7.86. The van der Waals surface area contributed by atoms with Crippen LogP contribution in [0, 0.1) is 0 Å². The highest BCUT2D eigenvalue weighted by atomic mass is 16.3. The molecule has 0 fully saturated rings. The fourth-order valence-corrected chi connectivity index (χ4v) is 3.15. The predicted molar refractivity (Wildman–Crippen MR) is 113 cm³/mol. The molecule has 0 saturated heterocycles. The number of aromatic nitrogens is 2. The number of carbonyl (C=O) groups is 1. The van der Waals surface area contributed by atoms with E-state index in [1.807, 2.05) is 43.3 Å². The van der Waals surface area contributed by atoms with Crippen LogP contribution in [0.3, 0.4) is 0 Å². The number of hydrogen-bond acceptors (Lipinski definition) is 7. The van der Waals surface area contributed by atoms with Crippen LogP contribution in [0.5, 0.6) is 0 Å². The van der Waals surface area contributed by atoms with Crippen LogP contribution in [-0.4, -0.2) is 48.0 Å². The molecule has 148 valence electrons. The zero-order valence-electron chi connectivity index (χ0n) is 16.3. The van der Waals surface area contributed by atoms with Crippen molar-refractivity contribution in [3.8, 4) is 0 Å². The van der Waals surface area contributed by atoms with Gasteiger partial charge in [0.1, 0.15) is 5.69 Å². The van der Waals surface area contributed by atoms with Gasteiger partial charge in [0.05, 0.1) is 11.9 Å². The number of anilines is 2. The van der Waals surface area contributed by atoms with Crippen LogP contribution >= 0.6 is 0 Å². The van der Waals surface area contributed by atoms with E-state index in [9.17, 15) is 4.79 Å². The van der Waals surface area contributed by atoms with Crippen molar-refractivity contribution in [3.05, 3.63) is 60.9 Å². The van der Waals surface area contributed by atoms with Gasteiger partial charge in [-0.1, -0.05) is 6.07 Å². The lowest BCUT2D eigenvalue weighted by Crippen LogP contribution is -2.33. The van der Waals surface area contributed by atoms with Gasteiger partial charge in [-0.2, -0.15) is 0 Å². The molecule has 1 aromatic carbocycles. The van der Waals surface area contributed by atoms with Crippen LogP contribution in [0.4, 0.5) is 11.4 Å². The third-order valence-corrected chi connectivity index (χ3v) is 4.66. The van der Waals surface area contributed by atoms with Gasteiger partial charge in [-0.3, -0.25) is 19.8 Å². The molecule has 0 atom stereocenters. The number of hydrazine groups is 1. The van der Waals surface area contributed by atoms with Gasteiger partial charge in [0.25, 0.3) is 5.91 Å². The van der Waals surface area contributed by atoms with E-state index in [1.54, 1.807) is 30.9 Å². The first-order valence-electron chi connectivity index (χ1n) is 9.22. The van der Waals surface area contributed by atoms with Crippen molar-refractivity contribution < 1.29 is 9.21 Å². The average molecular weight is 390 g/mol. The second-order valence-electron chi connectivity index (χ2n) is 6.99. The van der Waals surface area contributed by atoms with E-state index in [4.69, 9.17) is 10.3 Å². The quantitative estimate of drug-likeness (QED) is 0.386. The molecular formula is C21H22N6O2. The van der Waals surface area contributed by atoms with E-state index in [0.29, 0.717) is 24.4 Å². The molecule has 8 nitrogen and oxygen atoms in total. The van der Waals surface area contributed by atoms with Crippen LogP contribution < -0.4 is 16.2 Å². The summed E-state index contributed by atoms with van der Waals surface area (Å²) in [7, 11) is 3.89. The Morgan fingerprint density at radius 3 is 2.72 bits per heavy atom. The molecule has 0 radical (unpaired) electrons. The van der Waals surface area contributed by atoms with E-state index in [-0.39, 0.29) is 11.7 Å². The van der Waals surface area contributed by atoms with Crippen LogP contribution in [-0.2, 0) is 0 Å². The number of carbonyl (C=O) groups excluding carboxylic acids is 1. The molecule has 0 unspecified atom stereocenters. The highest BCUT2D eigenvalue weighted by Crippen LogP contribution is 2.36. The monoisotopic (exact) mass is 390 g/mol. The maximum Gasteiger partial charge on any atom is 0.289 e. The van der Waals surface area contributed by atoms with E-state index in [0.717, 1.165) is 21.8 Å². The molecule has 4 rings (SSSR count). The lowest BCUT2D eigenvalue weighted by Gasteiger charge is -2.19. The number of likely N-dealkylation sites (N-methyl/N-ethyl adjacent to an activating group) is 1. The first-order valence-corrected chi connectivity index (χ1v) is 9.22. The van der Waals surface area contributed by atoms with Crippen molar-refractivity contribution >= 4 is 39.0 Å². The Morgan fingerprint density at radius 1 is 1.10 bits per heavy atom. The molecular weight excluding hydrogens is 368 g/mol. The molecule has 0 saturated carbocycles. The zero-order chi connectivity index (χ0) is 20.4. The minimum Gasteiger partial charge on any atom is -0.447 e. The van der Waals surface area contributed by atoms with Gasteiger partial charge < -0.3 is 14.6 Å².